The van der Waals surface area contributed by atoms with Gasteiger partial charge >= 0.3 is 23.5 Å². The first-order valence-electron chi connectivity index (χ1n) is 16.1. The van der Waals surface area contributed by atoms with E-state index in [1.807, 2.05) is 116 Å². The van der Waals surface area contributed by atoms with Crippen LogP contribution in [0.3, 0.4) is 0 Å². The molecule has 0 aromatic heterocycles. The van der Waals surface area contributed by atoms with E-state index in [9.17, 15) is 0 Å². The van der Waals surface area contributed by atoms with Crippen LogP contribution in [0, 0.1) is 0 Å². The summed E-state index contributed by atoms with van der Waals surface area (Å²) in [6.45, 7) is 16.6. The standard InChI is InChI=1S/C34H50O11/c1-9-35-29(27-23-19-17-20-24-27,31(37-11-3)33(44-31,39-13-5)40-14-6)43-30(36-10-2,28-25-21-18-22-26-28)32(38-12-4)34(45-32,41-15-7)42-16-8/h17-26H,9-16H2,1-8H3. The van der Waals surface area contributed by atoms with Crippen molar-refractivity contribution >= 4 is 0 Å². The maximum absolute atomic E-state index is 7.47. The second-order valence-corrected chi connectivity index (χ2v) is 10.1. The number of hydrogen-bond acceptors (Lipinski definition) is 11. The van der Waals surface area contributed by atoms with E-state index in [2.05, 4.69) is 0 Å². The maximum Gasteiger partial charge on any atom is 0.350 e. The van der Waals surface area contributed by atoms with Crippen LogP contribution in [-0.4, -0.2) is 76.4 Å². The van der Waals surface area contributed by atoms with E-state index < -0.39 is 35.1 Å². The Labute approximate surface area is 267 Å². The van der Waals surface area contributed by atoms with E-state index in [-0.39, 0.29) is 52.9 Å². The monoisotopic (exact) mass is 634 g/mol. The van der Waals surface area contributed by atoms with Crippen molar-refractivity contribution in [2.75, 3.05) is 52.9 Å². The van der Waals surface area contributed by atoms with E-state index in [0.717, 1.165) is 0 Å². The van der Waals surface area contributed by atoms with Crippen molar-refractivity contribution in [3.05, 3.63) is 71.8 Å². The molecule has 2 heterocycles. The zero-order valence-corrected chi connectivity index (χ0v) is 27.9. The fourth-order valence-electron chi connectivity index (χ4n) is 6.01. The largest absolute Gasteiger partial charge is 0.350 e. The van der Waals surface area contributed by atoms with Gasteiger partial charge in [-0.2, -0.15) is 0 Å². The molecular formula is C34H50O11. The van der Waals surface area contributed by atoms with Crippen LogP contribution in [0.2, 0.25) is 0 Å². The first-order valence-corrected chi connectivity index (χ1v) is 16.1. The summed E-state index contributed by atoms with van der Waals surface area (Å²) in [5, 5.41) is 0. The van der Waals surface area contributed by atoms with Crippen LogP contribution in [0.1, 0.15) is 66.5 Å². The molecule has 0 amide bonds. The van der Waals surface area contributed by atoms with Crippen LogP contribution in [-0.2, 0) is 63.7 Å². The molecule has 2 saturated heterocycles. The number of epoxide rings is 2. The normalized spacial score (nSPS) is 25.8. The van der Waals surface area contributed by atoms with Gasteiger partial charge in [-0.3, -0.25) is 14.2 Å². The van der Waals surface area contributed by atoms with Crippen LogP contribution in [0.5, 0.6) is 0 Å². The molecule has 2 aromatic rings. The zero-order chi connectivity index (χ0) is 32.7. The van der Waals surface area contributed by atoms with Crippen LogP contribution in [0.25, 0.3) is 0 Å². The predicted octanol–water partition coefficient (Wildman–Crippen LogP) is 5.76. The molecule has 11 nitrogen and oxygen atoms in total. The van der Waals surface area contributed by atoms with Crippen LogP contribution < -0.4 is 0 Å². The van der Waals surface area contributed by atoms with Crippen molar-refractivity contribution in [3.63, 3.8) is 0 Å². The third-order valence-electron chi connectivity index (χ3n) is 7.47. The second kappa shape index (κ2) is 14.8. The number of benzene rings is 2. The highest BCUT2D eigenvalue weighted by Crippen LogP contribution is 2.68. The molecule has 0 N–H and O–H groups in total. The van der Waals surface area contributed by atoms with Gasteiger partial charge in [0.2, 0.25) is 0 Å². The Hall–Kier alpha value is -2.00. The molecule has 2 aliphatic rings. The minimum Gasteiger partial charge on any atom is -0.342 e. The Kier molecular flexibility index (Phi) is 11.8. The highest BCUT2D eigenvalue weighted by atomic mass is 17.1. The minimum absolute atomic E-state index is 0.170. The molecule has 0 saturated carbocycles. The molecular weight excluding hydrogens is 584 g/mol. The Bertz CT molecular complexity index is 1080. The highest BCUT2D eigenvalue weighted by Gasteiger charge is 2.92. The summed E-state index contributed by atoms with van der Waals surface area (Å²) in [6, 6.07) is 18.7. The first-order chi connectivity index (χ1) is 21.8. The Morgan fingerprint density at radius 2 is 0.756 bits per heavy atom. The van der Waals surface area contributed by atoms with E-state index in [1.165, 1.54) is 0 Å². The summed E-state index contributed by atoms with van der Waals surface area (Å²) in [7, 11) is 0. The van der Waals surface area contributed by atoms with E-state index in [0.29, 0.717) is 11.1 Å². The lowest BCUT2D eigenvalue weighted by Gasteiger charge is -2.47. The lowest BCUT2D eigenvalue weighted by molar-refractivity contribution is -0.461. The average molecular weight is 635 g/mol. The smallest absolute Gasteiger partial charge is 0.342 e. The van der Waals surface area contributed by atoms with Gasteiger partial charge in [0.15, 0.2) is 0 Å². The Morgan fingerprint density at radius 3 is 1.02 bits per heavy atom. The van der Waals surface area contributed by atoms with Crippen molar-refractivity contribution in [1.29, 1.82) is 0 Å². The summed E-state index contributed by atoms with van der Waals surface area (Å²) in [5.41, 5.74) is 1.10. The van der Waals surface area contributed by atoms with Gasteiger partial charge in [-0.15, -0.1) is 0 Å². The lowest BCUT2D eigenvalue weighted by atomic mass is 9.93. The topological polar surface area (TPSA) is 108 Å². The van der Waals surface area contributed by atoms with Crippen molar-refractivity contribution in [3.8, 4) is 0 Å². The van der Waals surface area contributed by atoms with Gasteiger partial charge in [-0.25, -0.2) is 0 Å². The Balaban J connectivity index is 2.10. The highest BCUT2D eigenvalue weighted by molar-refractivity contribution is 5.32. The minimum atomic E-state index is -1.91. The lowest BCUT2D eigenvalue weighted by Crippen LogP contribution is -2.63. The third-order valence-corrected chi connectivity index (χ3v) is 7.47. The van der Waals surface area contributed by atoms with Crippen LogP contribution in [0.4, 0.5) is 0 Å². The summed E-state index contributed by atoms with van der Waals surface area (Å²) in [4.78, 5) is 0. The molecule has 2 aliphatic heterocycles. The molecule has 4 unspecified atom stereocenters. The molecule has 45 heavy (non-hydrogen) atoms. The molecule has 0 radical (unpaired) electrons. The van der Waals surface area contributed by atoms with E-state index in [1.54, 1.807) is 0 Å². The van der Waals surface area contributed by atoms with Crippen molar-refractivity contribution in [2.24, 2.45) is 0 Å². The van der Waals surface area contributed by atoms with E-state index in [4.69, 9.17) is 52.1 Å². The average Bonchev–Trinajstić information content (AvgIpc) is 3.89. The molecule has 252 valence electrons. The fraction of sp³-hybridized carbons (Fsp3) is 0.647. The van der Waals surface area contributed by atoms with Gasteiger partial charge in [0.05, 0.1) is 0 Å². The molecule has 2 aromatic carbocycles. The van der Waals surface area contributed by atoms with Crippen molar-refractivity contribution < 1.29 is 52.1 Å². The SMILES string of the molecule is CCOC1(OCC)OC1(OCC)C(OCC)(OC(OCC)(c1ccccc1)C1(OCC)OC1(OCC)OCC)c1ccccc1. The second-order valence-electron chi connectivity index (χ2n) is 10.1. The van der Waals surface area contributed by atoms with E-state index >= 15 is 0 Å². The number of ether oxygens (including phenoxy) is 11. The fourth-order valence-corrected chi connectivity index (χ4v) is 6.01. The van der Waals surface area contributed by atoms with Crippen LogP contribution >= 0.6 is 0 Å². The quantitative estimate of drug-likeness (QED) is 0.117. The van der Waals surface area contributed by atoms with Gasteiger partial charge in [0.1, 0.15) is 0 Å². The molecule has 0 bridgehead atoms. The summed E-state index contributed by atoms with van der Waals surface area (Å²) < 4.78 is 71.7. The number of rotatable bonds is 22. The molecule has 0 spiro atoms. The Morgan fingerprint density at radius 1 is 0.444 bits per heavy atom. The molecule has 0 aliphatic carbocycles. The summed E-state index contributed by atoms with van der Waals surface area (Å²) in [5.74, 6) is -10.8. The number of hydrogen-bond donors (Lipinski definition) is 0. The van der Waals surface area contributed by atoms with Gasteiger partial charge < -0.3 is 37.9 Å². The summed E-state index contributed by atoms with van der Waals surface area (Å²) in [6.07, 6.45) is 0. The zero-order valence-electron chi connectivity index (χ0n) is 27.9. The van der Waals surface area contributed by atoms with Gasteiger partial charge in [0.25, 0.3) is 11.6 Å². The van der Waals surface area contributed by atoms with Crippen LogP contribution in [0.15, 0.2) is 60.7 Å². The predicted molar refractivity (Wildman–Crippen MR) is 163 cm³/mol. The van der Waals surface area contributed by atoms with Gasteiger partial charge in [0, 0.05) is 64.0 Å². The molecule has 2 fully saturated rings. The van der Waals surface area contributed by atoms with Gasteiger partial charge in [-0.05, 0) is 55.4 Å². The molecule has 11 heteroatoms. The molecule has 4 rings (SSSR count). The summed E-state index contributed by atoms with van der Waals surface area (Å²) >= 11 is 0. The maximum atomic E-state index is 7.47. The van der Waals surface area contributed by atoms with Gasteiger partial charge in [-0.1, -0.05) is 60.7 Å². The molecule has 4 atom stereocenters. The third kappa shape index (κ3) is 5.76. The first kappa shape index (κ1) is 35.8. The van der Waals surface area contributed by atoms with Crippen molar-refractivity contribution in [1.82, 2.24) is 0 Å². The van der Waals surface area contributed by atoms with Crippen molar-refractivity contribution in [2.45, 2.75) is 90.5 Å².